The van der Waals surface area contributed by atoms with E-state index in [9.17, 15) is 5.26 Å². The first-order valence-electron chi connectivity index (χ1n) is 8.98. The van der Waals surface area contributed by atoms with E-state index in [1.165, 1.54) is 11.1 Å². The van der Waals surface area contributed by atoms with Gasteiger partial charge in [-0.25, -0.2) is 0 Å². The van der Waals surface area contributed by atoms with Gasteiger partial charge in [0.1, 0.15) is 0 Å². The highest BCUT2D eigenvalue weighted by molar-refractivity contribution is 6.30. The maximum Gasteiger partial charge on any atom is 0.151 e. The third-order valence-electron chi connectivity index (χ3n) is 4.98. The Morgan fingerprint density at radius 3 is 1.85 bits per heavy atom. The van der Waals surface area contributed by atoms with Crippen LogP contribution in [0.15, 0.2) is 84.9 Å². The average molecular weight is 374 g/mol. The van der Waals surface area contributed by atoms with Crippen LogP contribution in [0.3, 0.4) is 0 Å². The molecule has 4 rings (SSSR count). The number of likely N-dealkylation sites (tertiary alicyclic amines) is 1. The molecular weight excluding hydrogens is 354 g/mol. The molecule has 3 aromatic rings. The molecule has 0 aliphatic carbocycles. The van der Waals surface area contributed by atoms with Crippen molar-refractivity contribution < 1.29 is 0 Å². The van der Waals surface area contributed by atoms with Gasteiger partial charge in [-0.1, -0.05) is 72.3 Å². The summed E-state index contributed by atoms with van der Waals surface area (Å²) >= 11 is 5.96. The van der Waals surface area contributed by atoms with E-state index in [-0.39, 0.29) is 6.04 Å². The first-order chi connectivity index (χ1) is 13.2. The number of benzene rings is 3. The summed E-state index contributed by atoms with van der Waals surface area (Å²) in [5.41, 5.74) is 2.80. The second-order valence-corrected chi connectivity index (χ2v) is 7.39. The maximum absolute atomic E-state index is 9.83. The zero-order chi connectivity index (χ0) is 18.7. The minimum absolute atomic E-state index is 0.140. The van der Waals surface area contributed by atoms with Crippen LogP contribution in [0.25, 0.3) is 0 Å². The SMILES string of the molecule is N#CC1(Nc2ccc(Cl)cc2)CN(C(c2ccccc2)c2ccccc2)C1. The molecule has 1 aliphatic heterocycles. The molecule has 0 radical (unpaired) electrons. The molecule has 3 aromatic carbocycles. The normalized spacial score (nSPS) is 15.7. The Balaban J connectivity index is 1.57. The lowest BCUT2D eigenvalue weighted by molar-refractivity contribution is 0.0877. The van der Waals surface area contributed by atoms with Crippen LogP contribution in [-0.2, 0) is 0 Å². The van der Waals surface area contributed by atoms with Crippen molar-refractivity contribution in [1.82, 2.24) is 4.90 Å². The molecular formula is C23H20ClN3. The van der Waals surface area contributed by atoms with Crippen LogP contribution in [0, 0.1) is 11.3 Å². The van der Waals surface area contributed by atoms with Gasteiger partial charge in [0.2, 0.25) is 0 Å². The van der Waals surface area contributed by atoms with Crippen molar-refractivity contribution in [3.8, 4) is 6.07 Å². The molecule has 0 unspecified atom stereocenters. The molecule has 0 amide bonds. The Hall–Kier alpha value is -2.80. The van der Waals surface area contributed by atoms with Gasteiger partial charge in [0.05, 0.1) is 12.1 Å². The summed E-state index contributed by atoms with van der Waals surface area (Å²) in [6.07, 6.45) is 0. The zero-order valence-electron chi connectivity index (χ0n) is 14.8. The third-order valence-corrected chi connectivity index (χ3v) is 5.24. The molecule has 4 heteroatoms. The van der Waals surface area contributed by atoms with Crippen LogP contribution in [0.5, 0.6) is 0 Å². The summed E-state index contributed by atoms with van der Waals surface area (Å²) < 4.78 is 0. The number of hydrogen-bond acceptors (Lipinski definition) is 3. The van der Waals surface area contributed by atoms with E-state index in [1.54, 1.807) is 0 Å². The Bertz CT molecular complexity index is 887. The molecule has 3 nitrogen and oxygen atoms in total. The Kier molecular flexibility index (Phi) is 4.85. The smallest absolute Gasteiger partial charge is 0.151 e. The summed E-state index contributed by atoms with van der Waals surface area (Å²) in [7, 11) is 0. The van der Waals surface area contributed by atoms with Gasteiger partial charge in [-0.05, 0) is 35.4 Å². The number of halogens is 1. The number of nitrogens with zero attached hydrogens (tertiary/aromatic N) is 2. The largest absolute Gasteiger partial charge is 0.365 e. The van der Waals surface area contributed by atoms with Crippen LogP contribution < -0.4 is 5.32 Å². The van der Waals surface area contributed by atoms with E-state index in [2.05, 4.69) is 64.8 Å². The van der Waals surface area contributed by atoms with E-state index in [0.717, 1.165) is 5.69 Å². The quantitative estimate of drug-likeness (QED) is 0.674. The zero-order valence-corrected chi connectivity index (χ0v) is 15.6. The lowest BCUT2D eigenvalue weighted by Crippen LogP contribution is -2.65. The first kappa shape index (κ1) is 17.6. The highest BCUT2D eigenvalue weighted by Gasteiger charge is 2.46. The van der Waals surface area contributed by atoms with E-state index in [0.29, 0.717) is 18.1 Å². The fourth-order valence-corrected chi connectivity index (χ4v) is 3.83. The van der Waals surface area contributed by atoms with Crippen LogP contribution in [0.2, 0.25) is 5.02 Å². The standard InChI is InChI=1S/C23H20ClN3/c24-20-11-13-21(14-12-20)26-23(15-25)16-27(17-23)22(18-7-3-1-4-8-18)19-9-5-2-6-10-19/h1-14,22,26H,16-17H2. The number of hydrogen-bond donors (Lipinski definition) is 1. The van der Waals surface area contributed by atoms with Crippen molar-refractivity contribution in [2.45, 2.75) is 11.6 Å². The summed E-state index contributed by atoms with van der Waals surface area (Å²) in [6, 6.07) is 31.0. The molecule has 1 N–H and O–H groups in total. The number of nitriles is 1. The van der Waals surface area contributed by atoms with Gasteiger partial charge in [-0.15, -0.1) is 0 Å². The second kappa shape index (κ2) is 7.44. The third kappa shape index (κ3) is 3.68. The summed E-state index contributed by atoms with van der Waals surface area (Å²) in [5.74, 6) is 0. The lowest BCUT2D eigenvalue weighted by atomic mass is 9.85. The molecule has 27 heavy (non-hydrogen) atoms. The number of rotatable bonds is 5. The Morgan fingerprint density at radius 1 is 0.852 bits per heavy atom. The molecule has 1 aliphatic rings. The van der Waals surface area contributed by atoms with Crippen molar-refractivity contribution in [2.75, 3.05) is 18.4 Å². The van der Waals surface area contributed by atoms with Gasteiger partial charge in [-0.3, -0.25) is 4.90 Å². The van der Waals surface area contributed by atoms with Crippen molar-refractivity contribution in [1.29, 1.82) is 5.26 Å². The van der Waals surface area contributed by atoms with E-state index < -0.39 is 5.54 Å². The predicted molar refractivity (Wildman–Crippen MR) is 110 cm³/mol. The average Bonchev–Trinajstić information content (AvgIpc) is 2.69. The van der Waals surface area contributed by atoms with E-state index in [4.69, 9.17) is 11.6 Å². The molecule has 1 fully saturated rings. The lowest BCUT2D eigenvalue weighted by Gasteiger charge is -2.50. The number of anilines is 1. The van der Waals surface area contributed by atoms with Gasteiger partial charge < -0.3 is 5.32 Å². The molecule has 0 spiro atoms. The Labute approximate surface area is 164 Å². The fourth-order valence-electron chi connectivity index (χ4n) is 3.70. The molecule has 134 valence electrons. The van der Waals surface area contributed by atoms with Crippen LogP contribution in [-0.4, -0.2) is 23.5 Å². The van der Waals surface area contributed by atoms with Crippen molar-refractivity contribution >= 4 is 17.3 Å². The minimum Gasteiger partial charge on any atom is -0.365 e. The van der Waals surface area contributed by atoms with Crippen molar-refractivity contribution in [3.05, 3.63) is 101 Å². The van der Waals surface area contributed by atoms with Gasteiger partial charge in [0.15, 0.2) is 5.54 Å². The van der Waals surface area contributed by atoms with Gasteiger partial charge in [-0.2, -0.15) is 5.26 Å². The summed E-state index contributed by atoms with van der Waals surface area (Å²) in [6.45, 7) is 1.31. The summed E-state index contributed by atoms with van der Waals surface area (Å²) in [5, 5.41) is 13.9. The molecule has 0 bridgehead atoms. The van der Waals surface area contributed by atoms with Crippen molar-refractivity contribution in [3.63, 3.8) is 0 Å². The van der Waals surface area contributed by atoms with Crippen LogP contribution in [0.4, 0.5) is 5.69 Å². The Morgan fingerprint density at radius 2 is 1.37 bits per heavy atom. The van der Waals surface area contributed by atoms with Gasteiger partial charge >= 0.3 is 0 Å². The summed E-state index contributed by atoms with van der Waals surface area (Å²) in [4.78, 5) is 2.34. The van der Waals surface area contributed by atoms with Crippen molar-refractivity contribution in [2.24, 2.45) is 0 Å². The number of nitrogens with one attached hydrogen (secondary N) is 1. The van der Waals surface area contributed by atoms with Crippen LogP contribution in [0.1, 0.15) is 17.2 Å². The highest BCUT2D eigenvalue weighted by atomic mass is 35.5. The van der Waals surface area contributed by atoms with E-state index >= 15 is 0 Å². The topological polar surface area (TPSA) is 39.1 Å². The highest BCUT2D eigenvalue weighted by Crippen LogP contribution is 2.37. The van der Waals surface area contributed by atoms with Crippen LogP contribution >= 0.6 is 11.6 Å². The maximum atomic E-state index is 9.83. The van der Waals surface area contributed by atoms with Gasteiger partial charge in [0.25, 0.3) is 0 Å². The fraction of sp³-hybridized carbons (Fsp3) is 0.174. The molecule has 0 saturated carbocycles. The monoisotopic (exact) mass is 373 g/mol. The van der Waals surface area contributed by atoms with E-state index in [1.807, 2.05) is 36.4 Å². The first-order valence-corrected chi connectivity index (χ1v) is 9.36. The van der Waals surface area contributed by atoms with Gasteiger partial charge in [0, 0.05) is 23.8 Å². The second-order valence-electron chi connectivity index (χ2n) is 6.95. The minimum atomic E-state index is -0.588. The molecule has 0 aromatic heterocycles. The molecule has 1 heterocycles. The molecule has 1 saturated heterocycles. The predicted octanol–water partition coefficient (Wildman–Crippen LogP) is 5.12. The molecule has 0 atom stereocenters.